The molecule has 0 bridgehead atoms. The van der Waals surface area contributed by atoms with Crippen molar-refractivity contribution in [1.29, 1.82) is 0 Å². The molecule has 0 saturated heterocycles. The van der Waals surface area contributed by atoms with Gasteiger partial charge in [0, 0.05) is 10.5 Å². The maximum Gasteiger partial charge on any atom is 0.253 e. The standard InChI is InChI=1S/C14H17BrClNO/c1-14(2)7-3-4-12(14)17-13(18)10-8-9(15)5-6-11(10)16/h5-6,8,12H,3-4,7H2,1-2H3,(H,17,18). The zero-order chi connectivity index (χ0) is 13.3. The fourth-order valence-electron chi connectivity index (χ4n) is 2.50. The van der Waals surface area contributed by atoms with E-state index in [0.29, 0.717) is 10.6 Å². The molecule has 0 aromatic heterocycles. The van der Waals surface area contributed by atoms with Crippen molar-refractivity contribution in [3.63, 3.8) is 0 Å². The van der Waals surface area contributed by atoms with E-state index < -0.39 is 0 Å². The highest BCUT2D eigenvalue weighted by Gasteiger charge is 2.35. The van der Waals surface area contributed by atoms with Gasteiger partial charge in [0.1, 0.15) is 0 Å². The summed E-state index contributed by atoms with van der Waals surface area (Å²) in [5, 5.41) is 3.60. The van der Waals surface area contributed by atoms with Gasteiger partial charge >= 0.3 is 0 Å². The lowest BCUT2D eigenvalue weighted by Gasteiger charge is -2.28. The minimum absolute atomic E-state index is 0.0822. The van der Waals surface area contributed by atoms with Gasteiger partial charge in [-0.15, -0.1) is 0 Å². The molecule has 0 heterocycles. The van der Waals surface area contributed by atoms with Gasteiger partial charge < -0.3 is 5.32 Å². The lowest BCUT2D eigenvalue weighted by Crippen LogP contribution is -2.41. The molecule has 1 aromatic rings. The molecule has 1 aromatic carbocycles. The van der Waals surface area contributed by atoms with E-state index in [9.17, 15) is 4.79 Å². The van der Waals surface area contributed by atoms with Crippen molar-refractivity contribution < 1.29 is 4.79 Å². The Morgan fingerprint density at radius 1 is 1.50 bits per heavy atom. The van der Waals surface area contributed by atoms with Gasteiger partial charge in [0.2, 0.25) is 0 Å². The van der Waals surface area contributed by atoms with Gasteiger partial charge in [-0.1, -0.05) is 47.8 Å². The average molecular weight is 331 g/mol. The van der Waals surface area contributed by atoms with Crippen LogP contribution in [0.2, 0.25) is 5.02 Å². The zero-order valence-corrected chi connectivity index (χ0v) is 12.9. The Balaban J connectivity index is 2.15. The summed E-state index contributed by atoms with van der Waals surface area (Å²) in [5.41, 5.74) is 0.711. The zero-order valence-electron chi connectivity index (χ0n) is 10.6. The third kappa shape index (κ3) is 2.89. The molecular formula is C14H17BrClNO. The largest absolute Gasteiger partial charge is 0.349 e. The highest BCUT2D eigenvalue weighted by Crippen LogP contribution is 2.37. The molecule has 1 unspecified atom stereocenters. The van der Waals surface area contributed by atoms with E-state index in [1.165, 1.54) is 6.42 Å². The van der Waals surface area contributed by atoms with Gasteiger partial charge in [0.25, 0.3) is 5.91 Å². The van der Waals surface area contributed by atoms with E-state index in [1.807, 2.05) is 6.07 Å². The van der Waals surface area contributed by atoms with Crippen molar-refractivity contribution in [2.75, 3.05) is 0 Å². The molecule has 18 heavy (non-hydrogen) atoms. The first-order valence-electron chi connectivity index (χ1n) is 6.16. The van der Waals surface area contributed by atoms with E-state index in [-0.39, 0.29) is 17.4 Å². The van der Waals surface area contributed by atoms with Gasteiger partial charge in [-0.2, -0.15) is 0 Å². The summed E-state index contributed by atoms with van der Waals surface area (Å²) in [4.78, 5) is 12.2. The fourth-order valence-corrected chi connectivity index (χ4v) is 3.07. The van der Waals surface area contributed by atoms with Crippen LogP contribution in [0.1, 0.15) is 43.5 Å². The number of benzene rings is 1. The van der Waals surface area contributed by atoms with Crippen LogP contribution in [-0.4, -0.2) is 11.9 Å². The Morgan fingerprint density at radius 2 is 2.22 bits per heavy atom. The SMILES string of the molecule is CC1(C)CCCC1NC(=O)c1cc(Br)ccc1Cl. The normalized spacial score (nSPS) is 21.9. The number of amides is 1. The molecule has 1 N–H and O–H groups in total. The van der Waals surface area contributed by atoms with Crippen molar-refractivity contribution >= 4 is 33.4 Å². The molecule has 0 spiro atoms. The molecule has 1 aliphatic carbocycles. The maximum absolute atomic E-state index is 12.2. The predicted molar refractivity (Wildman–Crippen MR) is 78.0 cm³/mol. The van der Waals surface area contributed by atoms with Crippen molar-refractivity contribution in [3.8, 4) is 0 Å². The van der Waals surface area contributed by atoms with Crippen LogP contribution in [0.15, 0.2) is 22.7 Å². The number of rotatable bonds is 2. The second kappa shape index (κ2) is 5.22. The summed E-state index contributed by atoms with van der Waals surface area (Å²) >= 11 is 9.43. The molecule has 98 valence electrons. The topological polar surface area (TPSA) is 29.1 Å². The Hall–Kier alpha value is -0.540. The summed E-state index contributed by atoms with van der Waals surface area (Å²) in [6.45, 7) is 4.40. The van der Waals surface area contributed by atoms with Crippen molar-refractivity contribution in [2.24, 2.45) is 5.41 Å². The maximum atomic E-state index is 12.2. The van der Waals surface area contributed by atoms with Crippen LogP contribution in [0.25, 0.3) is 0 Å². The number of halogens is 2. The predicted octanol–water partition coefficient (Wildman–Crippen LogP) is 4.41. The van der Waals surface area contributed by atoms with Crippen molar-refractivity contribution in [2.45, 2.75) is 39.2 Å². The molecule has 4 heteroatoms. The summed E-state index contributed by atoms with van der Waals surface area (Å²) in [7, 11) is 0. The molecule has 1 saturated carbocycles. The van der Waals surface area contributed by atoms with Crippen LogP contribution in [-0.2, 0) is 0 Å². The van der Waals surface area contributed by atoms with E-state index in [1.54, 1.807) is 12.1 Å². The number of hydrogen-bond donors (Lipinski definition) is 1. The molecule has 0 aliphatic heterocycles. The van der Waals surface area contributed by atoms with Gasteiger partial charge in [0.05, 0.1) is 10.6 Å². The van der Waals surface area contributed by atoms with Crippen LogP contribution >= 0.6 is 27.5 Å². The first kappa shape index (κ1) is 13.9. The highest BCUT2D eigenvalue weighted by atomic mass is 79.9. The first-order valence-corrected chi connectivity index (χ1v) is 7.33. The Bertz CT molecular complexity index is 473. The molecule has 0 radical (unpaired) electrons. The molecule has 1 atom stereocenters. The lowest BCUT2D eigenvalue weighted by atomic mass is 9.87. The minimum atomic E-state index is -0.0822. The first-order chi connectivity index (χ1) is 8.40. The van der Waals surface area contributed by atoms with Crippen molar-refractivity contribution in [3.05, 3.63) is 33.3 Å². The summed E-state index contributed by atoms with van der Waals surface area (Å²) in [5.74, 6) is -0.0822. The van der Waals surface area contributed by atoms with Crippen LogP contribution < -0.4 is 5.32 Å². The van der Waals surface area contributed by atoms with Gasteiger partial charge in [0.15, 0.2) is 0 Å². The van der Waals surface area contributed by atoms with E-state index in [0.717, 1.165) is 17.3 Å². The Labute approximate surface area is 121 Å². The minimum Gasteiger partial charge on any atom is -0.349 e. The third-order valence-electron chi connectivity index (χ3n) is 3.74. The van der Waals surface area contributed by atoms with Crippen LogP contribution in [0.4, 0.5) is 0 Å². The number of nitrogens with one attached hydrogen (secondary N) is 1. The smallest absolute Gasteiger partial charge is 0.253 e. The Morgan fingerprint density at radius 3 is 2.83 bits per heavy atom. The molecule has 1 fully saturated rings. The quantitative estimate of drug-likeness (QED) is 0.855. The second-order valence-electron chi connectivity index (χ2n) is 5.53. The molecule has 1 aliphatic rings. The summed E-state index contributed by atoms with van der Waals surface area (Å²) in [6, 6.07) is 5.57. The molecular weight excluding hydrogens is 314 g/mol. The molecule has 2 nitrogen and oxygen atoms in total. The van der Waals surface area contributed by atoms with Gasteiger partial charge in [-0.05, 0) is 36.5 Å². The van der Waals surface area contributed by atoms with Crippen LogP contribution in [0.3, 0.4) is 0 Å². The molecule has 1 amide bonds. The number of hydrogen-bond acceptors (Lipinski definition) is 1. The fraction of sp³-hybridized carbons (Fsp3) is 0.500. The van der Waals surface area contributed by atoms with Gasteiger partial charge in [-0.25, -0.2) is 0 Å². The number of carbonyl (C=O) groups is 1. The lowest BCUT2D eigenvalue weighted by molar-refractivity contribution is 0.0910. The second-order valence-corrected chi connectivity index (χ2v) is 6.85. The summed E-state index contributed by atoms with van der Waals surface area (Å²) < 4.78 is 0.864. The average Bonchev–Trinajstić information content (AvgIpc) is 2.62. The van der Waals surface area contributed by atoms with Crippen molar-refractivity contribution in [1.82, 2.24) is 5.32 Å². The number of carbonyl (C=O) groups excluding carboxylic acids is 1. The van der Waals surface area contributed by atoms with Gasteiger partial charge in [-0.3, -0.25) is 4.79 Å². The monoisotopic (exact) mass is 329 g/mol. The summed E-state index contributed by atoms with van der Waals surface area (Å²) in [6.07, 6.45) is 3.37. The molecule has 2 rings (SSSR count). The highest BCUT2D eigenvalue weighted by molar-refractivity contribution is 9.10. The van der Waals surface area contributed by atoms with E-state index >= 15 is 0 Å². The van der Waals surface area contributed by atoms with E-state index in [4.69, 9.17) is 11.6 Å². The Kier molecular flexibility index (Phi) is 4.02. The van der Waals surface area contributed by atoms with Crippen LogP contribution in [0.5, 0.6) is 0 Å². The third-order valence-corrected chi connectivity index (χ3v) is 4.56. The van der Waals surface area contributed by atoms with E-state index in [2.05, 4.69) is 35.1 Å². The van der Waals surface area contributed by atoms with Crippen LogP contribution in [0, 0.1) is 5.41 Å².